The number of ether oxygens (including phenoxy) is 1. The van der Waals surface area contributed by atoms with Gasteiger partial charge in [-0.2, -0.15) is 0 Å². The van der Waals surface area contributed by atoms with Gasteiger partial charge in [0.2, 0.25) is 0 Å². The van der Waals surface area contributed by atoms with Crippen molar-refractivity contribution >= 4 is 27.6 Å². The van der Waals surface area contributed by atoms with Gasteiger partial charge < -0.3 is 4.74 Å². The van der Waals surface area contributed by atoms with Crippen molar-refractivity contribution in [2.45, 2.75) is 50.7 Å². The highest BCUT2D eigenvalue weighted by molar-refractivity contribution is 7.90. The predicted octanol–water partition coefficient (Wildman–Crippen LogP) is 1.96. The summed E-state index contributed by atoms with van der Waals surface area (Å²) in [5.74, 6) is -2.20. The number of nitrogens with zero attached hydrogens (tertiary/aromatic N) is 1. The van der Waals surface area contributed by atoms with E-state index in [-0.39, 0.29) is 29.4 Å². The van der Waals surface area contributed by atoms with Crippen LogP contribution < -0.4 is 0 Å². The largest absolute Gasteiger partial charge is 0.461 e. The minimum atomic E-state index is -3.37. The molecule has 0 saturated heterocycles. The second-order valence-electron chi connectivity index (χ2n) is 7.16. The van der Waals surface area contributed by atoms with Crippen LogP contribution in [0.15, 0.2) is 24.3 Å². The summed E-state index contributed by atoms with van der Waals surface area (Å²) in [5, 5.41) is 0. The molecular weight excluding hydrogens is 370 g/mol. The van der Waals surface area contributed by atoms with Crippen LogP contribution in [0, 0.1) is 0 Å². The molecule has 1 saturated carbocycles. The van der Waals surface area contributed by atoms with Gasteiger partial charge in [-0.1, -0.05) is 18.6 Å². The summed E-state index contributed by atoms with van der Waals surface area (Å²) in [6.45, 7) is 0. The highest BCUT2D eigenvalue weighted by Crippen LogP contribution is 2.28. The van der Waals surface area contributed by atoms with Crippen molar-refractivity contribution in [1.29, 1.82) is 0 Å². The van der Waals surface area contributed by atoms with Crippen LogP contribution in [0.4, 0.5) is 0 Å². The molecular formula is C19H23NO6S. The molecule has 1 aliphatic heterocycles. The van der Waals surface area contributed by atoms with Crippen molar-refractivity contribution in [3.8, 4) is 0 Å². The molecule has 146 valence electrons. The normalized spacial score (nSPS) is 19.1. The van der Waals surface area contributed by atoms with E-state index in [0.717, 1.165) is 43.3 Å². The summed E-state index contributed by atoms with van der Waals surface area (Å²) in [4.78, 5) is 39.1. The maximum Gasteiger partial charge on any atom is 0.329 e. The summed E-state index contributed by atoms with van der Waals surface area (Å²) in [6, 6.07) is 5.08. The lowest BCUT2D eigenvalue weighted by Crippen LogP contribution is -2.47. The molecule has 0 bridgehead atoms. The highest BCUT2D eigenvalue weighted by Gasteiger charge is 2.44. The van der Waals surface area contributed by atoms with Gasteiger partial charge >= 0.3 is 5.97 Å². The lowest BCUT2D eigenvalue weighted by molar-refractivity contribution is -0.155. The van der Waals surface area contributed by atoms with Crippen molar-refractivity contribution < 1.29 is 27.5 Å². The molecule has 0 aromatic heterocycles. The molecule has 1 heterocycles. The summed E-state index contributed by atoms with van der Waals surface area (Å²) < 4.78 is 28.8. The fraction of sp³-hybridized carbons (Fsp3) is 0.526. The minimum absolute atomic E-state index is 0.171. The second kappa shape index (κ2) is 7.80. The topological polar surface area (TPSA) is 97.8 Å². The van der Waals surface area contributed by atoms with Crippen LogP contribution in [-0.4, -0.2) is 55.3 Å². The molecule has 0 radical (unpaired) electrons. The van der Waals surface area contributed by atoms with Crippen molar-refractivity contribution in [3.05, 3.63) is 35.4 Å². The molecule has 1 fully saturated rings. The molecule has 27 heavy (non-hydrogen) atoms. The molecule has 1 aromatic carbocycles. The smallest absolute Gasteiger partial charge is 0.329 e. The van der Waals surface area contributed by atoms with Crippen LogP contribution in [-0.2, 0) is 19.4 Å². The maximum atomic E-state index is 12.8. The van der Waals surface area contributed by atoms with E-state index in [1.54, 1.807) is 12.1 Å². The first kappa shape index (κ1) is 19.5. The van der Waals surface area contributed by atoms with E-state index in [4.69, 9.17) is 4.74 Å². The predicted molar refractivity (Wildman–Crippen MR) is 98.0 cm³/mol. The summed E-state index contributed by atoms with van der Waals surface area (Å²) in [6.07, 6.45) is 5.12. The summed E-state index contributed by atoms with van der Waals surface area (Å²) in [5.41, 5.74) is 0.439. The van der Waals surface area contributed by atoms with E-state index in [9.17, 15) is 22.8 Å². The number of esters is 1. The molecule has 1 aromatic rings. The molecule has 1 unspecified atom stereocenters. The molecule has 2 amide bonds. The minimum Gasteiger partial charge on any atom is -0.461 e. The van der Waals surface area contributed by atoms with Crippen LogP contribution in [0.3, 0.4) is 0 Å². The molecule has 8 heteroatoms. The summed E-state index contributed by atoms with van der Waals surface area (Å²) in [7, 11) is -3.37. The molecule has 0 spiro atoms. The first-order chi connectivity index (χ1) is 12.8. The maximum absolute atomic E-state index is 12.8. The molecule has 7 nitrogen and oxygen atoms in total. The summed E-state index contributed by atoms with van der Waals surface area (Å²) >= 11 is 0. The zero-order valence-electron chi connectivity index (χ0n) is 15.2. The third-order valence-electron chi connectivity index (χ3n) is 5.01. The fourth-order valence-corrected chi connectivity index (χ4v) is 4.25. The van der Waals surface area contributed by atoms with Crippen molar-refractivity contribution in [3.63, 3.8) is 0 Å². The van der Waals surface area contributed by atoms with Crippen LogP contribution in [0.25, 0.3) is 0 Å². The Morgan fingerprint density at radius 1 is 1.11 bits per heavy atom. The molecule has 2 aliphatic rings. The Balaban J connectivity index is 1.84. The SMILES string of the molecule is CS(=O)(=O)CCC(C(=O)OC1CCCCC1)N1C(=O)c2ccccc2C1=O. The van der Waals surface area contributed by atoms with E-state index in [1.807, 2.05) is 0 Å². The third-order valence-corrected chi connectivity index (χ3v) is 5.98. The fourth-order valence-electron chi connectivity index (χ4n) is 3.59. The van der Waals surface area contributed by atoms with Gasteiger partial charge in [0.1, 0.15) is 22.0 Å². The molecule has 0 N–H and O–H groups in total. The van der Waals surface area contributed by atoms with E-state index in [1.165, 1.54) is 12.1 Å². The lowest BCUT2D eigenvalue weighted by Gasteiger charge is -2.28. The Bertz CT molecular complexity index is 822. The first-order valence-corrected chi connectivity index (χ1v) is 11.2. The van der Waals surface area contributed by atoms with E-state index in [2.05, 4.69) is 0 Å². The van der Waals surface area contributed by atoms with Gasteiger partial charge in [0.15, 0.2) is 0 Å². The number of sulfone groups is 1. The number of carbonyl (C=O) groups is 3. The number of imide groups is 1. The quantitative estimate of drug-likeness (QED) is 0.541. The number of rotatable bonds is 6. The number of fused-ring (bicyclic) bond motifs is 1. The Kier molecular flexibility index (Phi) is 5.64. The van der Waals surface area contributed by atoms with E-state index < -0.39 is 33.7 Å². The standard InChI is InChI=1S/C19H23NO6S/c1-27(24,25)12-11-16(19(23)26-13-7-3-2-4-8-13)20-17(21)14-9-5-6-10-15(14)18(20)22/h5-6,9-10,13,16H,2-4,7-8,11-12H2,1H3. The lowest BCUT2D eigenvalue weighted by atomic mass is 9.98. The first-order valence-electron chi connectivity index (χ1n) is 9.13. The number of hydrogen-bond acceptors (Lipinski definition) is 6. The van der Waals surface area contributed by atoms with Crippen molar-refractivity contribution in [2.75, 3.05) is 12.0 Å². The van der Waals surface area contributed by atoms with Gasteiger partial charge in [0, 0.05) is 6.26 Å². The Labute approximate surface area is 158 Å². The Morgan fingerprint density at radius 2 is 1.67 bits per heavy atom. The van der Waals surface area contributed by atoms with Gasteiger partial charge in [-0.15, -0.1) is 0 Å². The number of benzene rings is 1. The van der Waals surface area contributed by atoms with E-state index >= 15 is 0 Å². The third kappa shape index (κ3) is 4.37. The van der Waals surface area contributed by atoms with Crippen LogP contribution in [0.2, 0.25) is 0 Å². The Hall–Kier alpha value is -2.22. The zero-order chi connectivity index (χ0) is 19.6. The van der Waals surface area contributed by atoms with Gasteiger partial charge in [0.25, 0.3) is 11.8 Å². The monoisotopic (exact) mass is 393 g/mol. The average Bonchev–Trinajstić information content (AvgIpc) is 2.87. The van der Waals surface area contributed by atoms with Crippen molar-refractivity contribution in [1.82, 2.24) is 4.90 Å². The molecule has 1 aliphatic carbocycles. The second-order valence-corrected chi connectivity index (χ2v) is 9.42. The van der Waals surface area contributed by atoms with E-state index in [0.29, 0.717) is 0 Å². The van der Waals surface area contributed by atoms with Crippen LogP contribution in [0.1, 0.15) is 59.2 Å². The van der Waals surface area contributed by atoms with Gasteiger partial charge in [0.05, 0.1) is 16.9 Å². The van der Waals surface area contributed by atoms with Crippen LogP contribution in [0.5, 0.6) is 0 Å². The molecule has 3 rings (SSSR count). The number of carbonyl (C=O) groups excluding carboxylic acids is 3. The number of hydrogen-bond donors (Lipinski definition) is 0. The van der Waals surface area contributed by atoms with Crippen LogP contribution >= 0.6 is 0 Å². The average molecular weight is 393 g/mol. The van der Waals surface area contributed by atoms with Crippen molar-refractivity contribution in [2.24, 2.45) is 0 Å². The van der Waals surface area contributed by atoms with Gasteiger partial charge in [-0.25, -0.2) is 13.2 Å². The molecule has 1 atom stereocenters. The van der Waals surface area contributed by atoms with Gasteiger partial charge in [-0.05, 0) is 44.2 Å². The highest BCUT2D eigenvalue weighted by atomic mass is 32.2. The van der Waals surface area contributed by atoms with Gasteiger partial charge in [-0.3, -0.25) is 14.5 Å². The number of amides is 2. The Morgan fingerprint density at radius 3 is 2.19 bits per heavy atom. The zero-order valence-corrected chi connectivity index (χ0v) is 16.0.